The number of carbonyl (C=O) groups is 2. The van der Waals surface area contributed by atoms with Crippen LogP contribution >= 0.6 is 11.6 Å². The molecule has 3 N–H and O–H groups in total. The van der Waals surface area contributed by atoms with Gasteiger partial charge in [-0.25, -0.2) is 4.79 Å². The minimum Gasteiger partial charge on any atom is -0.492 e. The Morgan fingerprint density at radius 1 is 1.26 bits per heavy atom. The molecule has 0 spiro atoms. The monoisotopic (exact) mass is 286 g/mol. The van der Waals surface area contributed by atoms with E-state index >= 15 is 0 Å². The third-order valence-corrected chi connectivity index (χ3v) is 2.41. The number of carboxylic acid groups (broad SMARTS) is 1. The molecule has 104 valence electrons. The lowest BCUT2D eigenvalue weighted by molar-refractivity contribution is -0.135. The number of aliphatic carboxylic acids is 1. The minimum atomic E-state index is -1.09. The van der Waals surface area contributed by atoms with E-state index in [2.05, 4.69) is 10.6 Å². The number of benzene rings is 1. The van der Waals surface area contributed by atoms with Crippen molar-refractivity contribution in [2.24, 2.45) is 0 Å². The van der Waals surface area contributed by atoms with E-state index in [1.165, 1.54) is 0 Å². The number of hydrogen-bond donors (Lipinski definition) is 3. The predicted octanol–water partition coefficient (Wildman–Crippen LogP) is 1.49. The summed E-state index contributed by atoms with van der Waals surface area (Å²) in [5.74, 6) is -0.489. The lowest BCUT2D eigenvalue weighted by Crippen LogP contribution is -2.39. The Hall–Kier alpha value is -1.95. The van der Waals surface area contributed by atoms with E-state index in [4.69, 9.17) is 21.4 Å². The van der Waals surface area contributed by atoms with Crippen LogP contribution in [0.3, 0.4) is 0 Å². The summed E-state index contributed by atoms with van der Waals surface area (Å²) in [6.07, 6.45) is 0.589. The van der Waals surface area contributed by atoms with Crippen molar-refractivity contribution >= 4 is 23.6 Å². The first-order chi connectivity index (χ1) is 9.09. The number of carbonyl (C=O) groups excluding carboxylic acids is 1. The Balaban J connectivity index is 2.10. The number of rotatable bonds is 7. The number of hydrogen-bond acceptors (Lipinski definition) is 3. The van der Waals surface area contributed by atoms with Crippen LogP contribution in [0.15, 0.2) is 24.3 Å². The average molecular weight is 287 g/mol. The normalized spacial score (nSPS) is 9.74. The lowest BCUT2D eigenvalue weighted by atomic mass is 10.3. The summed E-state index contributed by atoms with van der Waals surface area (Å²) in [6, 6.07) is 6.60. The van der Waals surface area contributed by atoms with Crippen molar-refractivity contribution in [3.05, 3.63) is 29.3 Å². The van der Waals surface area contributed by atoms with Gasteiger partial charge < -0.3 is 20.5 Å². The number of halogens is 1. The zero-order valence-corrected chi connectivity index (χ0v) is 10.9. The highest BCUT2D eigenvalue weighted by Crippen LogP contribution is 2.22. The Morgan fingerprint density at radius 3 is 2.68 bits per heavy atom. The molecule has 0 aliphatic heterocycles. The fourth-order valence-corrected chi connectivity index (χ4v) is 1.43. The van der Waals surface area contributed by atoms with Crippen LogP contribution in [0.4, 0.5) is 4.79 Å². The van der Waals surface area contributed by atoms with Crippen molar-refractivity contribution in [3.8, 4) is 5.75 Å². The van der Waals surface area contributed by atoms with Gasteiger partial charge in [-0.1, -0.05) is 23.7 Å². The molecule has 0 aliphatic carbocycles. The Labute approximate surface area is 115 Å². The molecule has 1 aromatic rings. The second kappa shape index (κ2) is 8.20. The maximum Gasteiger partial charge on any atom is 0.323 e. The van der Waals surface area contributed by atoms with Crippen LogP contribution in [0.25, 0.3) is 0 Å². The first kappa shape index (κ1) is 15.1. The molecular formula is C12H15ClN2O4. The number of ether oxygens (including phenoxy) is 1. The van der Waals surface area contributed by atoms with Crippen LogP contribution in [0.1, 0.15) is 6.42 Å². The fraction of sp³-hybridized carbons (Fsp3) is 0.333. The third-order valence-electron chi connectivity index (χ3n) is 2.10. The minimum absolute atomic E-state index is 0.385. The molecule has 0 fully saturated rings. The van der Waals surface area contributed by atoms with Gasteiger partial charge in [-0.2, -0.15) is 0 Å². The molecule has 2 amide bonds. The summed E-state index contributed by atoms with van der Waals surface area (Å²) in [6.45, 7) is 0.390. The largest absolute Gasteiger partial charge is 0.492 e. The number of nitrogens with one attached hydrogen (secondary N) is 2. The lowest BCUT2D eigenvalue weighted by Gasteiger charge is -2.08. The van der Waals surface area contributed by atoms with E-state index in [9.17, 15) is 9.59 Å². The molecule has 0 aliphatic rings. The molecule has 0 saturated carbocycles. The van der Waals surface area contributed by atoms with E-state index in [0.717, 1.165) is 0 Å². The molecule has 1 rings (SSSR count). The Bertz CT molecular complexity index is 439. The van der Waals surface area contributed by atoms with E-state index in [-0.39, 0.29) is 0 Å². The van der Waals surface area contributed by atoms with Crippen molar-refractivity contribution in [2.75, 3.05) is 19.7 Å². The van der Waals surface area contributed by atoms with Crippen LogP contribution in [0.2, 0.25) is 5.02 Å². The van der Waals surface area contributed by atoms with Crippen molar-refractivity contribution in [1.29, 1.82) is 0 Å². The van der Waals surface area contributed by atoms with Gasteiger partial charge in [0, 0.05) is 6.54 Å². The van der Waals surface area contributed by atoms with E-state index in [1.807, 2.05) is 12.1 Å². The molecule has 0 unspecified atom stereocenters. The van der Waals surface area contributed by atoms with Crippen molar-refractivity contribution < 1.29 is 19.4 Å². The Kier molecular flexibility index (Phi) is 6.52. The molecule has 0 bridgehead atoms. The molecule has 0 radical (unpaired) electrons. The SMILES string of the molecule is O=C(O)CNC(=O)NCCCOc1ccccc1Cl. The Morgan fingerprint density at radius 2 is 2.00 bits per heavy atom. The average Bonchev–Trinajstić information content (AvgIpc) is 2.38. The summed E-state index contributed by atoms with van der Waals surface area (Å²) < 4.78 is 5.42. The van der Waals surface area contributed by atoms with E-state index in [1.54, 1.807) is 12.1 Å². The number of amides is 2. The van der Waals surface area contributed by atoms with Gasteiger partial charge >= 0.3 is 12.0 Å². The molecule has 0 atom stereocenters. The molecule has 1 aromatic carbocycles. The van der Waals surface area contributed by atoms with Crippen LogP contribution in [0, 0.1) is 0 Å². The summed E-state index contributed by atoms with van der Waals surface area (Å²) in [5.41, 5.74) is 0. The highest BCUT2D eigenvalue weighted by molar-refractivity contribution is 6.32. The van der Waals surface area contributed by atoms with Crippen molar-refractivity contribution in [3.63, 3.8) is 0 Å². The number of carboxylic acids is 1. The second-order valence-electron chi connectivity index (χ2n) is 3.64. The number of para-hydroxylation sites is 1. The van der Waals surface area contributed by atoms with Gasteiger partial charge in [-0.05, 0) is 18.6 Å². The van der Waals surface area contributed by atoms with Gasteiger partial charge in [0.1, 0.15) is 12.3 Å². The van der Waals surface area contributed by atoms with Crippen LogP contribution in [-0.4, -0.2) is 36.8 Å². The topological polar surface area (TPSA) is 87.7 Å². The van der Waals surface area contributed by atoms with Gasteiger partial charge in [-0.15, -0.1) is 0 Å². The summed E-state index contributed by atoms with van der Waals surface area (Å²) in [5, 5.41) is 13.6. The van der Waals surface area contributed by atoms with Crippen LogP contribution < -0.4 is 15.4 Å². The zero-order valence-electron chi connectivity index (χ0n) is 10.2. The zero-order chi connectivity index (χ0) is 14.1. The maximum absolute atomic E-state index is 11.1. The van der Waals surface area contributed by atoms with Gasteiger partial charge in [-0.3, -0.25) is 4.79 Å². The second-order valence-corrected chi connectivity index (χ2v) is 4.04. The van der Waals surface area contributed by atoms with Gasteiger partial charge in [0.05, 0.1) is 11.6 Å². The molecule has 19 heavy (non-hydrogen) atoms. The molecular weight excluding hydrogens is 272 g/mol. The third kappa shape index (κ3) is 6.52. The molecule has 0 aromatic heterocycles. The molecule has 0 saturated heterocycles. The summed E-state index contributed by atoms with van der Waals surface area (Å²) in [7, 11) is 0. The molecule has 0 heterocycles. The van der Waals surface area contributed by atoms with Crippen LogP contribution in [0.5, 0.6) is 5.75 Å². The smallest absolute Gasteiger partial charge is 0.323 e. The van der Waals surface area contributed by atoms with Gasteiger partial charge in [0.25, 0.3) is 0 Å². The van der Waals surface area contributed by atoms with Crippen LogP contribution in [-0.2, 0) is 4.79 Å². The van der Waals surface area contributed by atoms with Crippen molar-refractivity contribution in [2.45, 2.75) is 6.42 Å². The van der Waals surface area contributed by atoms with E-state index < -0.39 is 18.5 Å². The highest BCUT2D eigenvalue weighted by Gasteiger charge is 2.02. The molecule has 6 nitrogen and oxygen atoms in total. The van der Waals surface area contributed by atoms with Crippen molar-refractivity contribution in [1.82, 2.24) is 10.6 Å². The first-order valence-electron chi connectivity index (χ1n) is 5.70. The number of urea groups is 1. The summed E-state index contributed by atoms with van der Waals surface area (Å²) >= 11 is 5.90. The highest BCUT2D eigenvalue weighted by atomic mass is 35.5. The maximum atomic E-state index is 11.1. The van der Waals surface area contributed by atoms with Gasteiger partial charge in [0.15, 0.2) is 0 Å². The standard InChI is InChI=1S/C12H15ClN2O4/c13-9-4-1-2-5-10(9)19-7-3-6-14-12(18)15-8-11(16)17/h1-2,4-5H,3,6-8H2,(H,16,17)(H2,14,15,18). The predicted molar refractivity (Wildman–Crippen MR) is 70.6 cm³/mol. The first-order valence-corrected chi connectivity index (χ1v) is 6.08. The summed E-state index contributed by atoms with van der Waals surface area (Å²) in [4.78, 5) is 21.3. The quantitative estimate of drug-likeness (QED) is 0.663. The fourth-order valence-electron chi connectivity index (χ4n) is 1.24. The van der Waals surface area contributed by atoms with Gasteiger partial charge in [0.2, 0.25) is 0 Å². The molecule has 7 heteroatoms. The van der Waals surface area contributed by atoms with E-state index in [0.29, 0.717) is 30.3 Å².